The third-order valence-electron chi connectivity index (χ3n) is 10.8. The van der Waals surface area contributed by atoms with Crippen LogP contribution in [0.25, 0.3) is 0 Å². The Labute approximate surface area is 463 Å². The molecule has 0 amide bonds. The van der Waals surface area contributed by atoms with Crippen molar-refractivity contribution in [2.24, 2.45) is 0 Å². The molecule has 1 heterocycles. The maximum Gasteiger partial charge on any atom is 0.373 e. The molecular formula is C59H107O15Si2+. The molecule has 76 heavy (non-hydrogen) atoms. The Balaban J connectivity index is -0.000000153. The highest BCUT2D eigenvalue weighted by molar-refractivity contribution is 6.74. The van der Waals surface area contributed by atoms with Crippen LogP contribution in [0.2, 0.25) is 36.3 Å². The van der Waals surface area contributed by atoms with Crippen molar-refractivity contribution in [2.75, 3.05) is 0 Å². The first-order chi connectivity index (χ1) is 34.9. The minimum atomic E-state index is -1.91. The lowest BCUT2D eigenvalue weighted by atomic mass is 10.1. The van der Waals surface area contributed by atoms with Crippen LogP contribution in [-0.2, 0) is 51.8 Å². The molecule has 0 saturated heterocycles. The third-order valence-corrected chi connectivity index (χ3v) is 19.9. The van der Waals surface area contributed by atoms with Gasteiger partial charge in [0.25, 0.3) is 0 Å². The number of hydrogen-bond acceptors (Lipinski definition) is 15. The minimum Gasteiger partial charge on any atom is -0.462 e. The van der Waals surface area contributed by atoms with Gasteiger partial charge >= 0.3 is 24.1 Å². The van der Waals surface area contributed by atoms with E-state index in [2.05, 4.69) is 107 Å². The summed E-state index contributed by atoms with van der Waals surface area (Å²) in [4.78, 5) is 59.0. The summed E-state index contributed by atoms with van der Waals surface area (Å²) in [5.74, 6) is -0.820. The smallest absolute Gasteiger partial charge is 0.373 e. The van der Waals surface area contributed by atoms with Gasteiger partial charge in [0, 0.05) is 25.7 Å². The van der Waals surface area contributed by atoms with Gasteiger partial charge in [-0.2, -0.15) is 9.59 Å². The van der Waals surface area contributed by atoms with Crippen LogP contribution < -0.4 is 0 Å². The Morgan fingerprint density at radius 2 is 1.14 bits per heavy atom. The van der Waals surface area contributed by atoms with Crippen molar-refractivity contribution >= 4 is 47.0 Å². The molecule has 15 nitrogen and oxygen atoms in total. The second-order valence-electron chi connectivity index (χ2n) is 20.8. The molecule has 0 radical (unpaired) electrons. The number of ether oxygens (including phenoxy) is 3. The summed E-state index contributed by atoms with van der Waals surface area (Å²) < 4.78 is 27.4. The summed E-state index contributed by atoms with van der Waals surface area (Å²) in [6.45, 7) is 60.9. The van der Waals surface area contributed by atoms with Gasteiger partial charge in [0.1, 0.15) is 30.7 Å². The van der Waals surface area contributed by atoms with Crippen LogP contribution in [0.5, 0.6) is 0 Å². The van der Waals surface area contributed by atoms with Crippen molar-refractivity contribution in [2.45, 2.75) is 245 Å². The predicted molar refractivity (Wildman–Crippen MR) is 314 cm³/mol. The average molecular weight is 1110 g/mol. The predicted octanol–water partition coefficient (Wildman–Crippen LogP) is 12.2. The average Bonchev–Trinajstić information content (AvgIpc) is 3.26. The zero-order valence-corrected chi connectivity index (χ0v) is 52.1. The van der Waals surface area contributed by atoms with Gasteiger partial charge in [0.2, 0.25) is 6.58 Å². The van der Waals surface area contributed by atoms with Crippen LogP contribution in [0, 0.1) is 6.58 Å². The van der Waals surface area contributed by atoms with Gasteiger partial charge in [-0.3, -0.25) is 14.4 Å². The zero-order valence-electron chi connectivity index (χ0n) is 50.1. The molecule has 0 aromatic carbocycles. The summed E-state index contributed by atoms with van der Waals surface area (Å²) >= 11 is 0. The largest absolute Gasteiger partial charge is 0.462 e. The monoisotopic (exact) mass is 1110 g/mol. The van der Waals surface area contributed by atoms with Gasteiger partial charge in [0.05, 0.1) is 43.4 Å². The summed E-state index contributed by atoms with van der Waals surface area (Å²) in [6, 6.07) is 0. The molecule has 0 aromatic rings. The molecule has 0 aromatic heterocycles. The Hall–Kier alpha value is -4.52. The number of rotatable bonds is 21. The Bertz CT molecular complexity index is 1620. The van der Waals surface area contributed by atoms with Crippen LogP contribution in [0.4, 0.5) is 0 Å². The number of aliphatic hydroxyl groups excluding tert-OH is 4. The van der Waals surface area contributed by atoms with Gasteiger partial charge in [-0.1, -0.05) is 90.2 Å². The van der Waals surface area contributed by atoms with Crippen LogP contribution in [0.1, 0.15) is 154 Å². The van der Waals surface area contributed by atoms with E-state index in [1.807, 2.05) is 26.8 Å². The van der Waals surface area contributed by atoms with E-state index >= 15 is 0 Å². The molecule has 17 heteroatoms. The maximum absolute atomic E-state index is 11.9. The number of cyclic esters (lactones) is 1. The number of aliphatic hydroxyl groups is 4. The van der Waals surface area contributed by atoms with Crippen molar-refractivity contribution < 1.29 is 72.3 Å². The van der Waals surface area contributed by atoms with Crippen LogP contribution in [0.15, 0.2) is 94.2 Å². The molecule has 1 aliphatic heterocycles. The van der Waals surface area contributed by atoms with Crippen molar-refractivity contribution in [3.05, 3.63) is 101 Å². The summed E-state index contributed by atoms with van der Waals surface area (Å²) in [6.07, 6.45) is 19.1. The molecule has 4 N–H and O–H groups in total. The highest BCUT2D eigenvalue weighted by Crippen LogP contribution is 2.38. The zero-order chi connectivity index (χ0) is 61.3. The van der Waals surface area contributed by atoms with E-state index < -0.39 is 34.8 Å². The fourth-order valence-electron chi connectivity index (χ4n) is 4.73. The van der Waals surface area contributed by atoms with Gasteiger partial charge in [-0.15, -0.1) is 39.5 Å². The molecular weight excluding hydrogens is 1000 g/mol. The van der Waals surface area contributed by atoms with Crippen LogP contribution in [0.3, 0.4) is 0 Å². The van der Waals surface area contributed by atoms with E-state index in [9.17, 15) is 19.5 Å². The quantitative estimate of drug-likeness (QED) is 0.0209. The minimum absolute atomic E-state index is 0.0367. The molecule has 440 valence electrons. The normalized spacial score (nSPS) is 17.1. The number of aldehydes is 1. The molecule has 0 bridgehead atoms. The lowest BCUT2D eigenvalue weighted by molar-refractivity contribution is -0.192. The molecule has 9 atom stereocenters. The van der Waals surface area contributed by atoms with E-state index in [0.29, 0.717) is 51.4 Å². The Morgan fingerprint density at radius 3 is 1.46 bits per heavy atom. The van der Waals surface area contributed by atoms with Crippen molar-refractivity contribution in [1.29, 1.82) is 0 Å². The maximum atomic E-state index is 11.9. The number of carbonyl (C=O) groups is 4. The van der Waals surface area contributed by atoms with Crippen LogP contribution >= 0.6 is 0 Å². The highest BCUT2D eigenvalue weighted by atomic mass is 28.4. The van der Waals surface area contributed by atoms with Crippen molar-refractivity contribution in [3.8, 4) is 0 Å². The molecule has 0 fully saturated rings. The van der Waals surface area contributed by atoms with Crippen molar-refractivity contribution in [3.63, 3.8) is 0 Å². The van der Waals surface area contributed by atoms with Gasteiger partial charge in [-0.25, -0.2) is 0 Å². The molecule has 0 spiro atoms. The van der Waals surface area contributed by atoms with E-state index in [0.717, 1.165) is 6.29 Å². The number of hydrogen-bond donors (Lipinski definition) is 4. The molecule has 0 unspecified atom stereocenters. The first-order valence-corrected chi connectivity index (χ1v) is 31.7. The first-order valence-electron chi connectivity index (χ1n) is 25.8. The van der Waals surface area contributed by atoms with E-state index in [1.165, 1.54) is 13.0 Å². The number of carbonyl (C=O) groups excluding carboxylic acids is 6. The lowest BCUT2D eigenvalue weighted by Gasteiger charge is -2.38. The molecule has 0 aliphatic carbocycles. The lowest BCUT2D eigenvalue weighted by Crippen LogP contribution is -2.44. The van der Waals surface area contributed by atoms with Crippen LogP contribution in [-0.4, -0.2) is 122 Å². The Morgan fingerprint density at radius 1 is 0.763 bits per heavy atom. The number of esters is 3. The summed E-state index contributed by atoms with van der Waals surface area (Å²) in [5.41, 5.74) is 0. The SMILES string of the molecule is C=CC[C@@H](C)O.C=CC[C@@H](C)O.C=CC[C@@H](C)OC(=O)C[C@@H](O)C=C.C=CC[C@@H](C)OC(=O)C[C@H](C=C)O[Si](C)(C)C(C)(C)C.CC=O.C[C@@H]1C/C=C/[C@H](O)CCCC(=O)O1.O=C=O.[CH+]=C[C@@H](C)O[Si](C)(C)C(C)(C)C. The Kier molecular flexibility index (Phi) is 57.6. The van der Waals surface area contributed by atoms with E-state index in [-0.39, 0.29) is 83.7 Å². The van der Waals surface area contributed by atoms with E-state index in [1.54, 1.807) is 63.3 Å². The van der Waals surface area contributed by atoms with Gasteiger partial charge < -0.3 is 48.3 Å². The second-order valence-corrected chi connectivity index (χ2v) is 30.3. The van der Waals surface area contributed by atoms with E-state index in [4.69, 9.17) is 59.3 Å². The highest BCUT2D eigenvalue weighted by Gasteiger charge is 2.40. The second kappa shape index (κ2) is 51.3. The first kappa shape index (κ1) is 85.4. The standard InChI is InChI=1S/C16H30O3Si.2C10H16O3.C10H21OSi.2C5H10O.C2H4O.CO2/c1-9-11-13(3)18-15(17)12-14(10-2)19-20(7,8)16(4,5)6;1-8-4-2-5-9(11)6-3-7-10(12)13-8;1-4-6-8(3)13-10(12)7-9(11)5-2;1-8-9(2)11-12(6,7)10(3,4)5;2*1-3-4-5(2)6;1-2-3;2-1-3/h9-10,13-14H,1-2,11-12H2,3-8H3;2,5,8-9,11H,3-4,6-7H2,1H3;4-5,8-9,11H,1-2,6-7H2,3H3;1,8-9H,2-7H3;2*3,5-6H,1,4H2,2H3;2H,1H3;/q;;;+1;;;;/b;5-2+;;;;;;/t13-,14+;2*8-,9+;9-;2*5-;;/m111111../s1. The van der Waals surface area contributed by atoms with Crippen molar-refractivity contribution in [1.82, 2.24) is 0 Å². The summed E-state index contributed by atoms with van der Waals surface area (Å²) in [5, 5.41) is 35.7. The molecule has 1 aliphatic rings. The topological polar surface area (TPSA) is 229 Å². The summed E-state index contributed by atoms with van der Waals surface area (Å²) in [7, 11) is -3.51. The molecule has 0 saturated carbocycles. The third kappa shape index (κ3) is 60.3. The van der Waals surface area contributed by atoms with Gasteiger partial charge in [0.15, 0.2) is 22.7 Å². The van der Waals surface area contributed by atoms with Gasteiger partial charge in [-0.05, 0) is 110 Å². The molecule has 1 rings (SSSR count). The fraction of sp³-hybridized carbons (Fsp3) is 0.644. The fourth-order valence-corrected chi connectivity index (χ4v) is 7.38.